The van der Waals surface area contributed by atoms with Gasteiger partial charge in [-0.25, -0.2) is 5.43 Å². The van der Waals surface area contributed by atoms with E-state index >= 15 is 0 Å². The van der Waals surface area contributed by atoms with Crippen molar-refractivity contribution < 1.29 is 14.6 Å². The number of hydrazone groups is 1. The van der Waals surface area contributed by atoms with E-state index in [2.05, 4.69) is 15.8 Å². The lowest BCUT2D eigenvalue weighted by molar-refractivity contribution is -0.121. The molecule has 0 aliphatic rings. The number of benzene rings is 2. The molecule has 2 rings (SSSR count). The van der Waals surface area contributed by atoms with Gasteiger partial charge in [-0.05, 0) is 48.4 Å². The van der Waals surface area contributed by atoms with Crippen LogP contribution in [0.2, 0.25) is 10.0 Å². The molecule has 1 amide bonds. The number of hydrogen-bond acceptors (Lipinski definition) is 5. The van der Waals surface area contributed by atoms with Crippen LogP contribution in [0.1, 0.15) is 18.9 Å². The molecule has 26 heavy (non-hydrogen) atoms. The summed E-state index contributed by atoms with van der Waals surface area (Å²) in [6.07, 6.45) is 1.99. The fourth-order valence-electron chi connectivity index (χ4n) is 2.17. The molecule has 0 heterocycles. The number of phenols is 1. The number of nitrogens with one attached hydrogen (secondary N) is 2. The molecule has 138 valence electrons. The average molecular weight is 396 g/mol. The monoisotopic (exact) mass is 395 g/mol. The highest BCUT2D eigenvalue weighted by Crippen LogP contribution is 2.34. The van der Waals surface area contributed by atoms with Crippen molar-refractivity contribution in [3.05, 3.63) is 52.0 Å². The van der Waals surface area contributed by atoms with Crippen molar-refractivity contribution in [3.63, 3.8) is 0 Å². The number of methoxy groups -OCH3 is 1. The van der Waals surface area contributed by atoms with Gasteiger partial charge < -0.3 is 15.2 Å². The van der Waals surface area contributed by atoms with E-state index in [1.54, 1.807) is 30.3 Å². The van der Waals surface area contributed by atoms with E-state index in [0.29, 0.717) is 17.0 Å². The van der Waals surface area contributed by atoms with Crippen molar-refractivity contribution in [1.29, 1.82) is 0 Å². The number of amides is 1. The van der Waals surface area contributed by atoms with E-state index in [1.807, 2.05) is 6.92 Å². The van der Waals surface area contributed by atoms with E-state index in [-0.39, 0.29) is 22.4 Å². The van der Waals surface area contributed by atoms with Gasteiger partial charge in [0.1, 0.15) is 6.04 Å². The van der Waals surface area contributed by atoms with Gasteiger partial charge in [0.05, 0.1) is 18.3 Å². The van der Waals surface area contributed by atoms with Crippen LogP contribution in [-0.2, 0) is 4.79 Å². The number of hydrogen-bond donors (Lipinski definition) is 3. The molecule has 3 N–H and O–H groups in total. The van der Waals surface area contributed by atoms with Crippen molar-refractivity contribution in [2.24, 2.45) is 5.10 Å². The second kappa shape index (κ2) is 9.31. The average Bonchev–Trinajstić information content (AvgIpc) is 2.63. The van der Waals surface area contributed by atoms with E-state index in [9.17, 15) is 9.90 Å². The first-order valence-corrected chi connectivity index (χ1v) is 8.61. The molecule has 0 bridgehead atoms. The number of halogens is 2. The smallest absolute Gasteiger partial charge is 0.262 e. The number of nitrogens with zero attached hydrogens (tertiary/aromatic N) is 1. The fraction of sp³-hybridized carbons (Fsp3) is 0.222. The number of carbonyl (C=O) groups is 1. The predicted octanol–water partition coefficient (Wildman–Crippen LogP) is 4.05. The van der Waals surface area contributed by atoms with Gasteiger partial charge >= 0.3 is 0 Å². The summed E-state index contributed by atoms with van der Waals surface area (Å²) in [7, 11) is 1.42. The molecule has 0 aromatic heterocycles. The molecule has 2 aromatic rings. The maximum absolute atomic E-state index is 12.3. The van der Waals surface area contributed by atoms with E-state index < -0.39 is 6.04 Å². The molecule has 0 spiro atoms. The number of aromatic hydroxyl groups is 1. The summed E-state index contributed by atoms with van der Waals surface area (Å²) >= 11 is 11.8. The number of rotatable bonds is 7. The second-order valence-corrected chi connectivity index (χ2v) is 6.24. The Kier molecular flexibility index (Phi) is 7.12. The summed E-state index contributed by atoms with van der Waals surface area (Å²) in [5.41, 5.74) is 3.84. The van der Waals surface area contributed by atoms with Crippen LogP contribution in [0.25, 0.3) is 0 Å². The molecule has 0 radical (unpaired) electrons. The van der Waals surface area contributed by atoms with Crippen molar-refractivity contribution >= 4 is 41.0 Å². The SMILES string of the molecule is CCC(Nc1ccc(Cl)cc1)C(=O)N/N=C/c1cc(Cl)c(O)c(OC)c1. The zero-order chi connectivity index (χ0) is 19.1. The number of carbonyl (C=O) groups excluding carboxylic acids is 1. The van der Waals surface area contributed by atoms with Crippen LogP contribution < -0.4 is 15.5 Å². The highest BCUT2D eigenvalue weighted by Gasteiger charge is 2.15. The normalized spacial score (nSPS) is 12.0. The molecule has 0 fully saturated rings. The van der Waals surface area contributed by atoms with Gasteiger partial charge in [-0.3, -0.25) is 4.79 Å². The molecule has 1 unspecified atom stereocenters. The van der Waals surface area contributed by atoms with Gasteiger partial charge in [-0.1, -0.05) is 30.1 Å². The molecule has 2 aromatic carbocycles. The van der Waals surface area contributed by atoms with Crippen molar-refractivity contribution in [1.82, 2.24) is 5.43 Å². The lowest BCUT2D eigenvalue weighted by Crippen LogP contribution is -2.36. The minimum Gasteiger partial charge on any atom is -0.503 e. The first kappa shape index (κ1) is 19.9. The van der Waals surface area contributed by atoms with Gasteiger partial charge in [-0.15, -0.1) is 0 Å². The van der Waals surface area contributed by atoms with E-state index in [0.717, 1.165) is 5.69 Å². The molecular weight excluding hydrogens is 377 g/mol. The summed E-state index contributed by atoms with van der Waals surface area (Å²) in [5, 5.41) is 17.5. The van der Waals surface area contributed by atoms with Crippen LogP contribution in [0.3, 0.4) is 0 Å². The van der Waals surface area contributed by atoms with Crippen LogP contribution >= 0.6 is 23.2 Å². The maximum Gasteiger partial charge on any atom is 0.262 e. The van der Waals surface area contributed by atoms with Gasteiger partial charge in [0.2, 0.25) is 0 Å². The largest absolute Gasteiger partial charge is 0.503 e. The van der Waals surface area contributed by atoms with Crippen LogP contribution in [0.5, 0.6) is 11.5 Å². The highest BCUT2D eigenvalue weighted by atomic mass is 35.5. The second-order valence-electron chi connectivity index (χ2n) is 5.40. The lowest BCUT2D eigenvalue weighted by Gasteiger charge is -2.16. The fourth-order valence-corrected chi connectivity index (χ4v) is 2.52. The maximum atomic E-state index is 12.3. The topological polar surface area (TPSA) is 83.0 Å². The molecule has 6 nitrogen and oxygen atoms in total. The molecular formula is C18H19Cl2N3O3. The Morgan fingerprint density at radius 3 is 2.62 bits per heavy atom. The Hall–Kier alpha value is -2.44. The van der Waals surface area contributed by atoms with Crippen LogP contribution in [0.15, 0.2) is 41.5 Å². The summed E-state index contributed by atoms with van der Waals surface area (Å²) in [4.78, 5) is 12.3. The van der Waals surface area contributed by atoms with Crippen molar-refractivity contribution in [2.75, 3.05) is 12.4 Å². The Labute approximate surface area is 161 Å². The van der Waals surface area contributed by atoms with E-state index in [1.165, 1.54) is 19.4 Å². The van der Waals surface area contributed by atoms with Gasteiger partial charge in [0, 0.05) is 10.7 Å². The number of anilines is 1. The Morgan fingerprint density at radius 2 is 2.00 bits per heavy atom. The molecule has 8 heteroatoms. The number of ether oxygens (including phenoxy) is 1. The van der Waals surface area contributed by atoms with Crippen molar-refractivity contribution in [2.45, 2.75) is 19.4 Å². The predicted molar refractivity (Wildman–Crippen MR) is 105 cm³/mol. The van der Waals surface area contributed by atoms with Gasteiger partial charge in [0.25, 0.3) is 5.91 Å². The van der Waals surface area contributed by atoms with Gasteiger partial charge in [-0.2, -0.15) is 5.10 Å². The Balaban J connectivity index is 2.00. The molecule has 0 saturated heterocycles. The lowest BCUT2D eigenvalue weighted by atomic mass is 10.2. The standard InChI is InChI=1S/C18H19Cl2N3O3/c1-3-15(22-13-6-4-12(19)5-7-13)18(25)23-21-10-11-8-14(20)17(24)16(9-11)26-2/h4-10,15,22,24H,3H2,1-2H3,(H,23,25)/b21-10+. The zero-order valence-electron chi connectivity index (χ0n) is 14.3. The highest BCUT2D eigenvalue weighted by molar-refractivity contribution is 6.32. The van der Waals surface area contributed by atoms with Crippen LogP contribution in [-0.4, -0.2) is 30.4 Å². The summed E-state index contributed by atoms with van der Waals surface area (Å²) in [6, 6.07) is 9.70. The zero-order valence-corrected chi connectivity index (χ0v) is 15.8. The third kappa shape index (κ3) is 5.28. The Bertz CT molecular complexity index is 795. The Morgan fingerprint density at radius 1 is 1.31 bits per heavy atom. The molecule has 0 aliphatic heterocycles. The minimum atomic E-state index is -0.453. The molecule has 0 aliphatic carbocycles. The van der Waals surface area contributed by atoms with Crippen LogP contribution in [0.4, 0.5) is 5.69 Å². The molecule has 0 saturated carbocycles. The third-order valence-corrected chi connectivity index (χ3v) is 4.11. The van der Waals surface area contributed by atoms with Crippen molar-refractivity contribution in [3.8, 4) is 11.5 Å². The quantitative estimate of drug-likeness (QED) is 0.487. The van der Waals surface area contributed by atoms with E-state index in [4.69, 9.17) is 27.9 Å². The van der Waals surface area contributed by atoms with Gasteiger partial charge in [0.15, 0.2) is 11.5 Å². The third-order valence-electron chi connectivity index (χ3n) is 3.57. The van der Waals surface area contributed by atoms with Crippen LogP contribution in [0, 0.1) is 0 Å². The summed E-state index contributed by atoms with van der Waals surface area (Å²) < 4.78 is 5.02. The summed E-state index contributed by atoms with van der Waals surface area (Å²) in [5.74, 6) is -0.203. The molecule has 1 atom stereocenters. The minimum absolute atomic E-state index is 0.132. The first-order valence-electron chi connectivity index (χ1n) is 7.86. The first-order chi connectivity index (χ1) is 12.4. The number of phenolic OH excluding ortho intramolecular Hbond substituents is 1. The summed E-state index contributed by atoms with van der Waals surface area (Å²) in [6.45, 7) is 1.89.